The van der Waals surface area contributed by atoms with E-state index < -0.39 is 29.3 Å². The predicted octanol–water partition coefficient (Wildman–Crippen LogP) is 2.24. The molecule has 2 amide bonds. The van der Waals surface area contributed by atoms with E-state index in [-0.39, 0.29) is 18.0 Å². The molecule has 0 saturated heterocycles. The third-order valence-corrected chi connectivity index (χ3v) is 5.20. The predicted molar refractivity (Wildman–Crippen MR) is 111 cm³/mol. The van der Waals surface area contributed by atoms with Gasteiger partial charge in [0, 0.05) is 19.0 Å². The molecule has 0 unspecified atom stereocenters. The summed E-state index contributed by atoms with van der Waals surface area (Å²) in [5.41, 5.74) is 1.85. The van der Waals surface area contributed by atoms with E-state index in [1.54, 1.807) is 24.3 Å². The number of esters is 1. The van der Waals surface area contributed by atoms with Crippen LogP contribution in [0.5, 0.6) is 0 Å². The van der Waals surface area contributed by atoms with Crippen LogP contribution in [0.3, 0.4) is 0 Å². The van der Waals surface area contributed by atoms with Crippen molar-refractivity contribution in [2.24, 2.45) is 0 Å². The molecule has 1 N–H and O–H groups in total. The highest BCUT2D eigenvalue weighted by Gasteiger charge is 2.19. The molecule has 0 spiro atoms. The van der Waals surface area contributed by atoms with Crippen molar-refractivity contribution >= 4 is 34.3 Å². The number of para-hydroxylation sites is 1. The Morgan fingerprint density at radius 3 is 2.41 bits per heavy atom. The topological polar surface area (TPSA) is 92.8 Å². The van der Waals surface area contributed by atoms with E-state index in [0.29, 0.717) is 10.6 Å². The van der Waals surface area contributed by atoms with E-state index in [1.807, 2.05) is 25.1 Å². The SMILES string of the molecule is CCc1ccccc1NC(=O)CN(C)C(=O)COC(=O)c1ccccc1[S@](C)=O. The number of nitrogens with zero attached hydrogens (tertiary/aromatic N) is 1. The Hall–Kier alpha value is -3.00. The Labute approximate surface area is 172 Å². The van der Waals surface area contributed by atoms with Gasteiger partial charge in [-0.1, -0.05) is 37.3 Å². The number of rotatable bonds is 8. The van der Waals surface area contributed by atoms with Crippen molar-refractivity contribution in [1.29, 1.82) is 0 Å². The Morgan fingerprint density at radius 1 is 1.07 bits per heavy atom. The standard InChI is InChI=1S/C21H24N2O5S/c1-4-15-9-5-7-11-17(15)22-19(24)13-23(2)20(25)14-28-21(26)16-10-6-8-12-18(16)29(3)27/h5-12H,4,13-14H2,1-3H3,(H,22,24)/t29-/m0/s1. The fourth-order valence-electron chi connectivity index (χ4n) is 2.65. The Balaban J connectivity index is 1.90. The van der Waals surface area contributed by atoms with Crippen LogP contribution >= 0.6 is 0 Å². The molecule has 0 aromatic heterocycles. The third-order valence-electron chi connectivity index (χ3n) is 4.22. The molecule has 0 aliphatic carbocycles. The van der Waals surface area contributed by atoms with Gasteiger partial charge in [-0.2, -0.15) is 0 Å². The zero-order valence-electron chi connectivity index (χ0n) is 16.6. The van der Waals surface area contributed by atoms with Crippen LogP contribution in [-0.2, 0) is 31.5 Å². The molecule has 2 aromatic carbocycles. The van der Waals surface area contributed by atoms with Crippen molar-refractivity contribution in [3.63, 3.8) is 0 Å². The fourth-order valence-corrected chi connectivity index (χ4v) is 3.38. The van der Waals surface area contributed by atoms with Crippen molar-refractivity contribution in [3.8, 4) is 0 Å². The lowest BCUT2D eigenvalue weighted by molar-refractivity contribution is -0.136. The molecule has 2 aromatic rings. The van der Waals surface area contributed by atoms with Crippen LogP contribution in [0.2, 0.25) is 0 Å². The van der Waals surface area contributed by atoms with Crippen LogP contribution in [0.4, 0.5) is 5.69 Å². The first-order chi connectivity index (χ1) is 13.8. The van der Waals surface area contributed by atoms with Crippen LogP contribution < -0.4 is 5.32 Å². The number of amides is 2. The van der Waals surface area contributed by atoms with Gasteiger partial charge < -0.3 is 15.0 Å². The molecule has 8 heteroatoms. The number of hydrogen-bond donors (Lipinski definition) is 1. The maximum atomic E-state index is 12.2. The van der Waals surface area contributed by atoms with Gasteiger partial charge in [0.25, 0.3) is 5.91 Å². The molecule has 0 fully saturated rings. The van der Waals surface area contributed by atoms with E-state index in [4.69, 9.17) is 4.74 Å². The number of carbonyl (C=O) groups excluding carboxylic acids is 3. The summed E-state index contributed by atoms with van der Waals surface area (Å²) in [6.07, 6.45) is 2.23. The normalized spacial score (nSPS) is 11.4. The summed E-state index contributed by atoms with van der Waals surface area (Å²) in [5, 5.41) is 2.78. The van der Waals surface area contributed by atoms with Crippen LogP contribution in [-0.4, -0.2) is 53.3 Å². The fraction of sp³-hybridized carbons (Fsp3) is 0.286. The summed E-state index contributed by atoms with van der Waals surface area (Å²) in [6, 6.07) is 13.8. The van der Waals surface area contributed by atoms with Crippen molar-refractivity contribution in [1.82, 2.24) is 4.90 Å². The number of benzene rings is 2. The van der Waals surface area contributed by atoms with Crippen LogP contribution in [0, 0.1) is 0 Å². The number of hydrogen-bond acceptors (Lipinski definition) is 5. The smallest absolute Gasteiger partial charge is 0.339 e. The number of ether oxygens (including phenoxy) is 1. The van der Waals surface area contributed by atoms with Gasteiger partial charge in [-0.15, -0.1) is 0 Å². The summed E-state index contributed by atoms with van der Waals surface area (Å²) in [4.78, 5) is 38.2. The van der Waals surface area contributed by atoms with Crippen molar-refractivity contribution in [2.45, 2.75) is 18.2 Å². The Morgan fingerprint density at radius 2 is 1.72 bits per heavy atom. The highest BCUT2D eigenvalue weighted by atomic mass is 32.2. The zero-order valence-corrected chi connectivity index (χ0v) is 17.5. The first-order valence-corrected chi connectivity index (χ1v) is 10.6. The maximum absolute atomic E-state index is 12.2. The molecule has 0 radical (unpaired) electrons. The summed E-state index contributed by atoms with van der Waals surface area (Å²) in [6.45, 7) is 1.30. The van der Waals surface area contributed by atoms with E-state index in [9.17, 15) is 18.6 Å². The monoisotopic (exact) mass is 416 g/mol. The zero-order chi connectivity index (χ0) is 21.4. The summed E-state index contributed by atoms with van der Waals surface area (Å²) in [5.74, 6) is -1.61. The highest BCUT2D eigenvalue weighted by molar-refractivity contribution is 7.84. The van der Waals surface area contributed by atoms with Crippen LogP contribution in [0.1, 0.15) is 22.8 Å². The first kappa shape index (κ1) is 22.3. The minimum atomic E-state index is -1.36. The molecule has 7 nitrogen and oxygen atoms in total. The lowest BCUT2D eigenvalue weighted by Crippen LogP contribution is -2.37. The quantitative estimate of drug-likeness (QED) is 0.666. The van der Waals surface area contributed by atoms with Crippen molar-refractivity contribution in [3.05, 3.63) is 59.7 Å². The minimum Gasteiger partial charge on any atom is -0.452 e. The summed E-state index contributed by atoms with van der Waals surface area (Å²) >= 11 is 0. The number of likely N-dealkylation sites (N-methyl/N-ethyl adjacent to an activating group) is 1. The van der Waals surface area contributed by atoms with Crippen molar-refractivity contribution in [2.75, 3.05) is 31.8 Å². The van der Waals surface area contributed by atoms with Gasteiger partial charge in [-0.25, -0.2) is 4.79 Å². The molecule has 154 valence electrons. The summed E-state index contributed by atoms with van der Waals surface area (Å²) in [7, 11) is 0.0914. The molecule has 29 heavy (non-hydrogen) atoms. The van der Waals surface area contributed by atoms with Gasteiger partial charge in [0.2, 0.25) is 5.91 Å². The van der Waals surface area contributed by atoms with Crippen LogP contribution in [0.25, 0.3) is 0 Å². The number of nitrogens with one attached hydrogen (secondary N) is 1. The molecule has 0 saturated carbocycles. The lowest BCUT2D eigenvalue weighted by atomic mass is 10.1. The Kier molecular flexibility index (Phi) is 8.09. The maximum Gasteiger partial charge on any atom is 0.339 e. The molecule has 0 bridgehead atoms. The van der Waals surface area contributed by atoms with Crippen LogP contribution in [0.15, 0.2) is 53.4 Å². The Bertz CT molecular complexity index is 929. The molecular weight excluding hydrogens is 392 g/mol. The lowest BCUT2D eigenvalue weighted by Gasteiger charge is -2.17. The second-order valence-electron chi connectivity index (χ2n) is 6.34. The van der Waals surface area contributed by atoms with Gasteiger partial charge in [-0.3, -0.25) is 13.8 Å². The molecule has 0 aliphatic rings. The van der Waals surface area contributed by atoms with Gasteiger partial charge in [0.15, 0.2) is 6.61 Å². The average molecular weight is 416 g/mol. The van der Waals surface area contributed by atoms with E-state index in [2.05, 4.69) is 5.32 Å². The van der Waals surface area contributed by atoms with Gasteiger partial charge in [0.1, 0.15) is 0 Å². The first-order valence-electron chi connectivity index (χ1n) is 9.04. The molecule has 0 heterocycles. The van der Waals surface area contributed by atoms with E-state index in [0.717, 1.165) is 12.0 Å². The van der Waals surface area contributed by atoms with Gasteiger partial charge in [-0.05, 0) is 30.2 Å². The third kappa shape index (κ3) is 6.25. The van der Waals surface area contributed by atoms with E-state index in [1.165, 1.54) is 24.3 Å². The summed E-state index contributed by atoms with van der Waals surface area (Å²) < 4.78 is 16.8. The molecule has 0 aliphatic heterocycles. The number of anilines is 1. The van der Waals surface area contributed by atoms with Crippen molar-refractivity contribution < 1.29 is 23.3 Å². The molecular formula is C21H24N2O5S. The second kappa shape index (κ2) is 10.5. The largest absolute Gasteiger partial charge is 0.452 e. The number of aryl methyl sites for hydroxylation is 1. The highest BCUT2D eigenvalue weighted by Crippen LogP contribution is 2.15. The van der Waals surface area contributed by atoms with E-state index >= 15 is 0 Å². The minimum absolute atomic E-state index is 0.151. The molecule has 2 rings (SSSR count). The second-order valence-corrected chi connectivity index (χ2v) is 7.68. The number of carbonyl (C=O) groups is 3. The average Bonchev–Trinajstić information content (AvgIpc) is 2.71. The van der Waals surface area contributed by atoms with Gasteiger partial charge >= 0.3 is 5.97 Å². The molecule has 1 atom stereocenters. The van der Waals surface area contributed by atoms with Gasteiger partial charge in [0.05, 0.1) is 27.8 Å².